The van der Waals surface area contributed by atoms with E-state index in [4.69, 9.17) is 32.9 Å². The highest BCUT2D eigenvalue weighted by atomic mass is 16.5. The van der Waals surface area contributed by atoms with Gasteiger partial charge in [-0.25, -0.2) is 0 Å². The Morgan fingerprint density at radius 1 is 0.325 bits per heavy atom. The molecule has 0 saturated carbocycles. The molecule has 0 fully saturated rings. The number of aromatic hydroxyl groups is 8. The first-order valence-corrected chi connectivity index (χ1v) is 26.3. The fraction of sp³-hybridized carbons (Fsp3) is 0.0270. The van der Waals surface area contributed by atoms with Crippen LogP contribution in [0, 0.1) is 24.7 Å². The topological polar surface area (TPSA) is 171 Å². The lowest BCUT2D eigenvalue weighted by Gasteiger charge is -2.34. The summed E-state index contributed by atoms with van der Waals surface area (Å²) in [5.41, 5.74) is 7.69. The van der Waals surface area contributed by atoms with Crippen LogP contribution in [-0.2, 0) is 5.41 Å². The van der Waals surface area contributed by atoms with Crippen molar-refractivity contribution in [3.8, 4) is 87.6 Å². The Balaban J connectivity index is 0.000000132. The lowest BCUT2D eigenvalue weighted by molar-refractivity contribution is 0.342. The van der Waals surface area contributed by atoms with E-state index in [1.165, 1.54) is 33.4 Å². The minimum Gasteiger partial charge on any atom is -0.508 e. The van der Waals surface area contributed by atoms with E-state index < -0.39 is 5.41 Å². The third-order valence-electron chi connectivity index (χ3n) is 14.3. The van der Waals surface area contributed by atoms with Gasteiger partial charge >= 0.3 is 0 Å². The summed E-state index contributed by atoms with van der Waals surface area (Å²) in [6.45, 7) is 0.159. The third-order valence-corrected chi connectivity index (χ3v) is 14.3. The second-order valence-electron chi connectivity index (χ2n) is 19.5. The molecule has 0 spiro atoms. The van der Waals surface area contributed by atoms with Crippen LogP contribution in [0.15, 0.2) is 255 Å². The number of ether oxygens (including phenoxy) is 1. The van der Waals surface area contributed by atoms with Gasteiger partial charge in [0.05, 0.1) is 5.41 Å². The average Bonchev–Trinajstić information content (AvgIpc) is 2.32. The van der Waals surface area contributed by atoms with Crippen LogP contribution in [0.3, 0.4) is 0 Å². The molecule has 0 saturated heterocycles. The van der Waals surface area contributed by atoms with Crippen molar-refractivity contribution in [3.05, 3.63) is 283 Å². The number of phenols is 8. The summed E-state index contributed by atoms with van der Waals surface area (Å²) in [4.78, 5) is 0. The Labute approximate surface area is 479 Å². The van der Waals surface area contributed by atoms with Gasteiger partial charge in [-0.1, -0.05) is 157 Å². The average molecular weight is 1090 g/mol. The highest BCUT2D eigenvalue weighted by Crippen LogP contribution is 2.56. The predicted molar refractivity (Wildman–Crippen MR) is 333 cm³/mol. The number of rotatable bonds is 4. The van der Waals surface area contributed by atoms with Crippen molar-refractivity contribution in [1.29, 1.82) is 0 Å². The maximum absolute atomic E-state index is 10.0. The predicted octanol–water partition coefficient (Wildman–Crippen LogP) is 16.2. The van der Waals surface area contributed by atoms with Crippen molar-refractivity contribution in [1.82, 2.24) is 0 Å². The van der Waals surface area contributed by atoms with Gasteiger partial charge in [-0.2, -0.15) is 0 Å². The first-order valence-electron chi connectivity index (χ1n) is 26.3. The minimum absolute atomic E-state index is 0.115. The molecule has 13 aromatic carbocycles. The molecule has 0 radical (unpaired) electrons. The Morgan fingerprint density at radius 3 is 1.13 bits per heavy atom. The summed E-state index contributed by atoms with van der Waals surface area (Å²) in [7, 11) is 0. The first-order chi connectivity index (χ1) is 40.3. The van der Waals surface area contributed by atoms with E-state index in [9.17, 15) is 25.5 Å². The van der Waals surface area contributed by atoms with Crippen LogP contribution < -0.4 is 4.74 Å². The Hall–Kier alpha value is -11.5. The van der Waals surface area contributed by atoms with E-state index in [0.29, 0.717) is 16.5 Å². The van der Waals surface area contributed by atoms with Crippen LogP contribution in [0.5, 0.6) is 51.7 Å². The van der Waals surface area contributed by atoms with Gasteiger partial charge in [0.25, 0.3) is 0 Å². The van der Waals surface area contributed by atoms with Crippen LogP contribution in [-0.4, -0.2) is 47.5 Å². The molecule has 13 aromatic rings. The van der Waals surface area contributed by atoms with Crippen molar-refractivity contribution in [2.75, 3.05) is 6.61 Å². The number of benzene rings is 13. The van der Waals surface area contributed by atoms with E-state index in [2.05, 4.69) is 96.8 Å². The normalized spacial score (nSPS) is 11.4. The van der Waals surface area contributed by atoms with Crippen molar-refractivity contribution in [3.63, 3.8) is 0 Å². The molecule has 0 unspecified atom stereocenters. The first kappa shape index (κ1) is 54.8. The maximum Gasteiger partial charge on any atom is 0.163 e. The summed E-state index contributed by atoms with van der Waals surface area (Å²) in [5.74, 6) is 7.01. The number of hydrogen-bond acceptors (Lipinski definition) is 9. The lowest BCUT2D eigenvalue weighted by Crippen LogP contribution is -2.28. The Bertz CT molecular complexity index is 4380. The van der Waals surface area contributed by atoms with Gasteiger partial charge in [0.2, 0.25) is 0 Å². The standard InChI is InChI=1S/C33H22O2.C13H10O2.2C10H8O2.C8H6O/c34-27-15-11-21-17-25(13-9-23(21)19-27)33(26-14-10-24-20-28(35)16-12-22(24)18-26)31-7-3-1-5-29(31)30-6-2-4-8-32(30)33;1-2-7-15-13-9-11-6-4-3-5-10(11)8-12(13)14;11-9-3-1-7-5-10(12)4-2-8(7)6-9;11-9-5-1-3-7-8(9)4-2-6-10(7)12;1-2-7-3-5-8(9)6-4-7/h1-20,34-35H;1,3-6,8-9,14H,7H2;2*1-6,11-12H;1,3-6,9H. The molecule has 0 aromatic heterocycles. The van der Waals surface area contributed by atoms with Crippen LogP contribution >= 0.6 is 0 Å². The van der Waals surface area contributed by atoms with E-state index in [-0.39, 0.29) is 52.6 Å². The molecule has 0 heterocycles. The van der Waals surface area contributed by atoms with Gasteiger partial charge in [-0.15, -0.1) is 12.8 Å². The van der Waals surface area contributed by atoms with Crippen molar-refractivity contribution >= 4 is 53.9 Å². The van der Waals surface area contributed by atoms with Crippen LogP contribution in [0.4, 0.5) is 0 Å². The van der Waals surface area contributed by atoms with E-state index in [1.54, 1.807) is 121 Å². The zero-order chi connectivity index (χ0) is 58.0. The zero-order valence-electron chi connectivity index (χ0n) is 44.6. The number of hydrogen-bond donors (Lipinski definition) is 8. The molecule has 83 heavy (non-hydrogen) atoms. The zero-order valence-corrected chi connectivity index (χ0v) is 44.6. The molecule has 9 nitrogen and oxygen atoms in total. The SMILES string of the molecule is C#CCOc1cc2ccccc2cc1O.C#Cc1ccc(O)cc1.Oc1ccc2cc(C3(c4ccc5cc(O)ccc5c4)c4ccccc4-c4ccccc43)ccc2c1.Oc1ccc2cc(O)ccc2c1.Oc1cccc2c(O)cccc12. The number of phenolic OH excluding ortho intramolecular Hbond substituents is 8. The van der Waals surface area contributed by atoms with Gasteiger partial charge in [0.15, 0.2) is 11.5 Å². The second-order valence-corrected chi connectivity index (χ2v) is 19.5. The minimum atomic E-state index is -0.495. The molecule has 1 aliphatic carbocycles. The van der Waals surface area contributed by atoms with Gasteiger partial charge in [-0.05, 0) is 186 Å². The van der Waals surface area contributed by atoms with Gasteiger partial charge in [-0.3, -0.25) is 0 Å². The maximum atomic E-state index is 10.0. The summed E-state index contributed by atoms with van der Waals surface area (Å²) < 4.78 is 5.21. The van der Waals surface area contributed by atoms with E-state index >= 15 is 0 Å². The molecule has 0 atom stereocenters. The van der Waals surface area contributed by atoms with Crippen molar-refractivity contribution in [2.45, 2.75) is 5.41 Å². The molecule has 0 aliphatic heterocycles. The largest absolute Gasteiger partial charge is 0.508 e. The summed E-state index contributed by atoms with van der Waals surface area (Å²) in [5, 5.41) is 84.9. The molecule has 0 amide bonds. The fourth-order valence-electron chi connectivity index (χ4n) is 10.5. The van der Waals surface area contributed by atoms with Gasteiger partial charge in [0, 0.05) is 16.3 Å². The number of terminal acetylenes is 2. The quantitative estimate of drug-likeness (QED) is 0.0799. The van der Waals surface area contributed by atoms with Crippen molar-refractivity contribution < 1.29 is 45.6 Å². The second kappa shape index (κ2) is 24.2. The van der Waals surface area contributed by atoms with Crippen LogP contribution in [0.25, 0.3) is 65.0 Å². The van der Waals surface area contributed by atoms with E-state index in [0.717, 1.165) is 48.7 Å². The molecular weight excluding hydrogens is 1030 g/mol. The summed E-state index contributed by atoms with van der Waals surface area (Å²) >= 11 is 0. The third kappa shape index (κ3) is 11.8. The van der Waals surface area contributed by atoms with Crippen LogP contribution in [0.1, 0.15) is 27.8 Å². The molecular formula is C74H54O9. The molecule has 1 aliphatic rings. The van der Waals surface area contributed by atoms with Crippen molar-refractivity contribution in [2.24, 2.45) is 0 Å². The molecule has 14 rings (SSSR count). The molecule has 9 heteroatoms. The fourth-order valence-corrected chi connectivity index (χ4v) is 10.5. The lowest BCUT2D eigenvalue weighted by atomic mass is 9.67. The highest BCUT2D eigenvalue weighted by Gasteiger charge is 2.46. The molecule has 404 valence electrons. The highest BCUT2D eigenvalue weighted by molar-refractivity contribution is 5.94. The summed E-state index contributed by atoms with van der Waals surface area (Å²) in [6, 6.07) is 79.5. The molecule has 8 N–H and O–H groups in total. The van der Waals surface area contributed by atoms with E-state index in [1.807, 2.05) is 48.5 Å². The van der Waals surface area contributed by atoms with Gasteiger partial charge in [0.1, 0.15) is 46.9 Å². The van der Waals surface area contributed by atoms with Gasteiger partial charge < -0.3 is 45.6 Å². The Morgan fingerprint density at radius 2 is 0.699 bits per heavy atom. The monoisotopic (exact) mass is 1090 g/mol. The molecule has 0 bridgehead atoms. The smallest absolute Gasteiger partial charge is 0.163 e. The Kier molecular flexibility index (Phi) is 16.0. The number of fused-ring (bicyclic) bond motifs is 8. The van der Waals surface area contributed by atoms with Crippen LogP contribution in [0.2, 0.25) is 0 Å². The summed E-state index contributed by atoms with van der Waals surface area (Å²) in [6.07, 6.45) is 10.2.